The van der Waals surface area contributed by atoms with Crippen LogP contribution in [0.5, 0.6) is 0 Å². The fourth-order valence-electron chi connectivity index (χ4n) is 4.41. The molecule has 148 valence electrons. The highest BCUT2D eigenvalue weighted by atomic mass is 16.5. The lowest BCUT2D eigenvalue weighted by Crippen LogP contribution is -2.47. The number of hydroxylamine groups is 1. The fourth-order valence-corrected chi connectivity index (χ4v) is 4.41. The Hall–Kier alpha value is -2.03. The summed E-state index contributed by atoms with van der Waals surface area (Å²) in [7, 11) is 0. The number of nitrogens with one attached hydrogen (secondary N) is 3. The molecule has 1 saturated heterocycles. The van der Waals surface area contributed by atoms with Crippen molar-refractivity contribution in [3.05, 3.63) is 24.2 Å². The second kappa shape index (κ2) is 8.77. The standard InChI is InChI=1S/C19H29N5O3/c25-14-18(6-2-1-3-7-18)12-19(8-9-20-13-19)23-16-11-21-15(10-22-16)4-5-17(26)24-27/h4-5,10-11,20,25,27H,1-3,6-9,12-14H2,(H,22,23)(H,24,26)/b5-4+/t19-/m0/s1. The van der Waals surface area contributed by atoms with Gasteiger partial charge >= 0.3 is 0 Å². The van der Waals surface area contributed by atoms with E-state index in [4.69, 9.17) is 5.21 Å². The van der Waals surface area contributed by atoms with Gasteiger partial charge in [0.15, 0.2) is 0 Å². The van der Waals surface area contributed by atoms with E-state index in [-0.39, 0.29) is 17.6 Å². The molecule has 1 atom stereocenters. The highest BCUT2D eigenvalue weighted by Crippen LogP contribution is 2.44. The number of hydrogen-bond donors (Lipinski definition) is 5. The first-order valence-corrected chi connectivity index (χ1v) is 9.63. The van der Waals surface area contributed by atoms with E-state index >= 15 is 0 Å². The minimum absolute atomic E-state index is 0.00890. The molecular weight excluding hydrogens is 346 g/mol. The molecule has 1 aromatic heterocycles. The molecule has 8 heteroatoms. The summed E-state index contributed by atoms with van der Waals surface area (Å²) < 4.78 is 0. The smallest absolute Gasteiger partial charge is 0.267 e. The van der Waals surface area contributed by atoms with Gasteiger partial charge in [0.1, 0.15) is 5.82 Å². The molecule has 8 nitrogen and oxygen atoms in total. The van der Waals surface area contributed by atoms with Crippen LogP contribution >= 0.6 is 0 Å². The molecule has 1 saturated carbocycles. The molecule has 1 aromatic rings. The number of rotatable bonds is 7. The maximum absolute atomic E-state index is 11.0. The van der Waals surface area contributed by atoms with Crippen molar-refractivity contribution in [1.29, 1.82) is 0 Å². The second-order valence-corrected chi connectivity index (χ2v) is 7.86. The predicted octanol–water partition coefficient (Wildman–Crippen LogP) is 1.47. The Kier molecular flexibility index (Phi) is 6.41. The van der Waals surface area contributed by atoms with Gasteiger partial charge in [0, 0.05) is 19.2 Å². The van der Waals surface area contributed by atoms with E-state index in [0.29, 0.717) is 11.5 Å². The molecule has 5 N–H and O–H groups in total. The average Bonchev–Trinajstić information content (AvgIpc) is 3.15. The van der Waals surface area contributed by atoms with Crippen LogP contribution in [0.25, 0.3) is 6.08 Å². The van der Waals surface area contributed by atoms with Gasteiger partial charge in [0.2, 0.25) is 0 Å². The number of aliphatic hydroxyl groups excluding tert-OH is 1. The third-order valence-electron chi connectivity index (χ3n) is 5.79. The second-order valence-electron chi connectivity index (χ2n) is 7.86. The number of anilines is 1. The Morgan fingerprint density at radius 3 is 2.63 bits per heavy atom. The van der Waals surface area contributed by atoms with Gasteiger partial charge in [-0.1, -0.05) is 19.3 Å². The van der Waals surface area contributed by atoms with Crippen LogP contribution < -0.4 is 16.1 Å². The van der Waals surface area contributed by atoms with Gasteiger partial charge in [-0.25, -0.2) is 10.5 Å². The molecule has 1 aliphatic carbocycles. The van der Waals surface area contributed by atoms with E-state index in [2.05, 4.69) is 20.6 Å². The quantitative estimate of drug-likeness (QED) is 0.278. The van der Waals surface area contributed by atoms with E-state index < -0.39 is 5.91 Å². The maximum atomic E-state index is 11.0. The number of aliphatic hydroxyl groups is 1. The summed E-state index contributed by atoms with van der Waals surface area (Å²) in [5.41, 5.74) is 1.92. The molecule has 1 amide bonds. The van der Waals surface area contributed by atoms with Gasteiger partial charge in [-0.2, -0.15) is 0 Å². The zero-order valence-electron chi connectivity index (χ0n) is 15.6. The first-order chi connectivity index (χ1) is 13.1. The maximum Gasteiger partial charge on any atom is 0.267 e. The van der Waals surface area contributed by atoms with Crippen LogP contribution in [0.15, 0.2) is 18.5 Å². The first-order valence-electron chi connectivity index (χ1n) is 9.63. The summed E-state index contributed by atoms with van der Waals surface area (Å²) in [6.07, 6.45) is 13.6. The van der Waals surface area contributed by atoms with E-state index in [1.165, 1.54) is 36.9 Å². The summed E-state index contributed by atoms with van der Waals surface area (Å²) in [6, 6.07) is 0. The minimum Gasteiger partial charge on any atom is -0.396 e. The highest BCUT2D eigenvalue weighted by molar-refractivity contribution is 5.90. The molecule has 3 rings (SSSR count). The summed E-state index contributed by atoms with van der Waals surface area (Å²) >= 11 is 0. The van der Waals surface area contributed by atoms with E-state index in [0.717, 1.165) is 38.8 Å². The van der Waals surface area contributed by atoms with Crippen molar-refractivity contribution >= 4 is 17.8 Å². The van der Waals surface area contributed by atoms with Crippen molar-refractivity contribution in [2.24, 2.45) is 5.41 Å². The van der Waals surface area contributed by atoms with Crippen molar-refractivity contribution < 1.29 is 15.1 Å². The molecule has 27 heavy (non-hydrogen) atoms. The lowest BCUT2D eigenvalue weighted by Gasteiger charge is -2.43. The topological polar surface area (TPSA) is 119 Å². The molecule has 2 heterocycles. The van der Waals surface area contributed by atoms with Gasteiger partial charge in [-0.05, 0) is 43.7 Å². The number of nitrogens with zero attached hydrogens (tertiary/aromatic N) is 2. The number of carbonyl (C=O) groups excluding carboxylic acids is 1. The summed E-state index contributed by atoms with van der Waals surface area (Å²) in [4.78, 5) is 19.8. The minimum atomic E-state index is -0.614. The summed E-state index contributed by atoms with van der Waals surface area (Å²) in [5.74, 6) is 0.0723. The lowest BCUT2D eigenvalue weighted by atomic mass is 9.67. The lowest BCUT2D eigenvalue weighted by molar-refractivity contribution is -0.124. The number of aromatic nitrogens is 2. The van der Waals surface area contributed by atoms with Crippen molar-refractivity contribution in [2.45, 2.75) is 50.5 Å². The van der Waals surface area contributed by atoms with Crippen molar-refractivity contribution in [2.75, 3.05) is 25.0 Å². The van der Waals surface area contributed by atoms with Crippen LogP contribution in [0.3, 0.4) is 0 Å². The van der Waals surface area contributed by atoms with E-state index in [9.17, 15) is 9.90 Å². The molecule has 0 unspecified atom stereocenters. The molecule has 0 spiro atoms. The summed E-state index contributed by atoms with van der Waals surface area (Å²) in [6.45, 7) is 2.02. The SMILES string of the molecule is O=C(/C=C/c1cnc(N[C@]2(CC3(CO)CCCCC3)CCNC2)cn1)NO. The molecule has 0 bridgehead atoms. The van der Waals surface area contributed by atoms with Gasteiger partial charge < -0.3 is 15.7 Å². The third kappa shape index (κ3) is 5.03. The Morgan fingerprint density at radius 2 is 2.04 bits per heavy atom. The molecule has 2 fully saturated rings. The van der Waals surface area contributed by atoms with Gasteiger partial charge in [0.25, 0.3) is 5.91 Å². The van der Waals surface area contributed by atoms with Crippen LogP contribution in [0.2, 0.25) is 0 Å². The Morgan fingerprint density at radius 1 is 1.22 bits per heavy atom. The van der Waals surface area contributed by atoms with Crippen LogP contribution in [0.1, 0.15) is 50.6 Å². The van der Waals surface area contributed by atoms with Crippen molar-refractivity contribution in [1.82, 2.24) is 20.8 Å². The third-order valence-corrected chi connectivity index (χ3v) is 5.79. The molecule has 0 aromatic carbocycles. The van der Waals surface area contributed by atoms with Crippen LogP contribution in [0.4, 0.5) is 5.82 Å². The number of carbonyl (C=O) groups is 1. The largest absolute Gasteiger partial charge is 0.396 e. The van der Waals surface area contributed by atoms with Crippen molar-refractivity contribution in [3.8, 4) is 0 Å². The molecule has 0 radical (unpaired) electrons. The van der Waals surface area contributed by atoms with Crippen LogP contribution in [-0.4, -0.2) is 51.4 Å². The monoisotopic (exact) mass is 375 g/mol. The summed E-state index contributed by atoms with van der Waals surface area (Å²) in [5, 5.41) is 25.6. The van der Waals surface area contributed by atoms with Gasteiger partial charge in [-0.15, -0.1) is 0 Å². The highest BCUT2D eigenvalue weighted by Gasteiger charge is 2.43. The van der Waals surface area contributed by atoms with Crippen LogP contribution in [0, 0.1) is 5.41 Å². The Bertz CT molecular complexity index is 650. The average molecular weight is 375 g/mol. The zero-order chi connectivity index (χ0) is 19.2. The number of hydrogen-bond acceptors (Lipinski definition) is 7. The van der Waals surface area contributed by atoms with Gasteiger partial charge in [-0.3, -0.25) is 15.0 Å². The molecule has 2 aliphatic rings. The fraction of sp³-hybridized carbons (Fsp3) is 0.632. The van der Waals surface area contributed by atoms with Crippen molar-refractivity contribution in [3.63, 3.8) is 0 Å². The number of amides is 1. The van der Waals surface area contributed by atoms with Crippen LogP contribution in [-0.2, 0) is 4.79 Å². The first kappa shape index (κ1) is 19.7. The molecular formula is C19H29N5O3. The Labute approximate surface area is 159 Å². The normalized spacial score (nSPS) is 24.8. The Balaban J connectivity index is 1.70. The molecule has 1 aliphatic heterocycles. The van der Waals surface area contributed by atoms with E-state index in [1.807, 2.05) is 0 Å². The van der Waals surface area contributed by atoms with E-state index in [1.54, 1.807) is 12.4 Å². The zero-order valence-corrected chi connectivity index (χ0v) is 15.6. The predicted molar refractivity (Wildman–Crippen MR) is 102 cm³/mol. The van der Waals surface area contributed by atoms with Gasteiger partial charge in [0.05, 0.1) is 23.6 Å².